The molecule has 0 spiro atoms. The van der Waals surface area contributed by atoms with Gasteiger partial charge in [0.15, 0.2) is 73.7 Å². The van der Waals surface area contributed by atoms with Crippen LogP contribution in [0.25, 0.3) is 0 Å². The van der Waals surface area contributed by atoms with E-state index in [2.05, 4.69) is 10.0 Å². The zero-order valence-corrected chi connectivity index (χ0v) is 79.4. The number of aliphatic hydroxyl groups excluding tert-OH is 6. The Balaban J connectivity index is 0.000000536. The molecule has 23 atom stereocenters. The van der Waals surface area contributed by atoms with Gasteiger partial charge in [-0.05, 0) is 45.5 Å². The average molecular weight is 1920 g/mol. The lowest BCUT2D eigenvalue weighted by Gasteiger charge is -2.40. The van der Waals surface area contributed by atoms with Gasteiger partial charge in [0, 0.05) is 76.9 Å². The van der Waals surface area contributed by atoms with Crippen LogP contribution in [0.15, 0.2) is 255 Å². The normalized spacial score (nSPS) is 23.1. The summed E-state index contributed by atoms with van der Waals surface area (Å²) < 4.78 is 156. The first-order valence-corrected chi connectivity index (χ1v) is 46.4. The number of nitrogens with one attached hydrogen (secondary N) is 2. The quantitative estimate of drug-likeness (QED) is 0.0158. The highest BCUT2D eigenvalue weighted by Gasteiger charge is 2.46. The van der Waals surface area contributed by atoms with Gasteiger partial charge in [-0.15, -0.1) is 0 Å². The number of cyclic esters (lactones) is 6. The molecule has 35 heteroatoms. The maximum absolute atomic E-state index is 14.7. The summed E-state index contributed by atoms with van der Waals surface area (Å²) >= 11 is 0. The Hall–Kier alpha value is -11.4. The third-order valence-corrected chi connectivity index (χ3v) is 20.0. The van der Waals surface area contributed by atoms with E-state index in [1.807, 2.05) is 88.0 Å². The van der Waals surface area contributed by atoms with Gasteiger partial charge in [0.25, 0.3) is 0 Å². The van der Waals surface area contributed by atoms with Crippen molar-refractivity contribution >= 4 is 57.7 Å². The van der Waals surface area contributed by atoms with Gasteiger partial charge in [0.2, 0.25) is 15.9 Å². The molecule has 7 aliphatic heterocycles. The van der Waals surface area contributed by atoms with Crippen LogP contribution in [0.4, 0.5) is 26.3 Å². The number of hydrogen-bond donors (Lipinski definition) is 8. The number of esters is 7. The minimum Gasteiger partial charge on any atom is -0.456 e. The van der Waals surface area contributed by atoms with Crippen molar-refractivity contribution in [3.05, 3.63) is 288 Å². The Labute approximate surface area is 787 Å². The number of benzene rings is 6. The molecule has 6 aromatic carbocycles. The molecule has 8 N–H and O–H groups in total. The van der Waals surface area contributed by atoms with E-state index in [0.29, 0.717) is 49.4 Å². The Kier molecular flexibility index (Phi) is 58.0. The van der Waals surface area contributed by atoms with Crippen LogP contribution >= 0.6 is 0 Å². The number of alkyl halides is 6. The molecule has 22 unspecified atom stereocenters. The summed E-state index contributed by atoms with van der Waals surface area (Å²) in [6.07, 6.45) is -10.7. The molecule has 13 rings (SSSR count). The lowest BCUT2D eigenvalue weighted by atomic mass is 9.94. The molecule has 7 aliphatic rings. The van der Waals surface area contributed by atoms with Crippen LogP contribution < -0.4 is 10.0 Å². The summed E-state index contributed by atoms with van der Waals surface area (Å²) in [7, 11) is -2.22. The number of carbonyl (C=O) groups excluding carboxylic acids is 8. The largest absolute Gasteiger partial charge is 0.456 e. The van der Waals surface area contributed by atoms with Crippen LogP contribution in [0.3, 0.4) is 0 Å². The van der Waals surface area contributed by atoms with Crippen molar-refractivity contribution in [3.63, 3.8) is 0 Å². The van der Waals surface area contributed by atoms with Crippen LogP contribution in [-0.4, -0.2) is 235 Å². The molecule has 1 fully saturated rings. The van der Waals surface area contributed by atoms with Crippen LogP contribution in [0, 0.1) is 0 Å². The number of methoxy groups -OCH3 is 1. The van der Waals surface area contributed by atoms with Crippen molar-refractivity contribution in [3.8, 4) is 0 Å². The zero-order chi connectivity index (χ0) is 101. The Bertz CT molecular complexity index is 4610. The highest BCUT2D eigenvalue weighted by molar-refractivity contribution is 7.88. The molecule has 0 aliphatic carbocycles. The second-order valence-corrected chi connectivity index (χ2v) is 30.1. The van der Waals surface area contributed by atoms with Gasteiger partial charge in [0.05, 0.1) is 37.6 Å². The minimum absolute atomic E-state index is 0.207. The van der Waals surface area contributed by atoms with E-state index < -0.39 is 186 Å². The van der Waals surface area contributed by atoms with Crippen LogP contribution in [0.2, 0.25) is 0 Å². The molecule has 744 valence electrons. The minimum atomic E-state index is -3.62. The molecule has 0 radical (unpaired) electrons. The van der Waals surface area contributed by atoms with Gasteiger partial charge in [0.1, 0.15) is 48.8 Å². The molecule has 1 amide bonds. The van der Waals surface area contributed by atoms with E-state index in [-0.39, 0.29) is 28.6 Å². The van der Waals surface area contributed by atoms with Crippen molar-refractivity contribution in [1.82, 2.24) is 14.9 Å². The molecule has 28 nitrogen and oxygen atoms in total. The van der Waals surface area contributed by atoms with Gasteiger partial charge < -0.3 is 78.6 Å². The molecule has 7 heterocycles. The number of morpholine rings is 1. The van der Waals surface area contributed by atoms with Crippen LogP contribution in [-0.2, 0) is 91.0 Å². The topological polar surface area (TPSA) is 402 Å². The summed E-state index contributed by atoms with van der Waals surface area (Å²) in [5, 5.41) is 63.3. The van der Waals surface area contributed by atoms with E-state index in [1.54, 1.807) is 158 Å². The van der Waals surface area contributed by atoms with E-state index in [0.717, 1.165) is 24.5 Å². The molecule has 6 aromatic rings. The smallest absolute Gasteiger partial charge is 0.331 e. The van der Waals surface area contributed by atoms with E-state index in [4.69, 9.17) is 42.6 Å². The number of sulfonamides is 1. The first-order valence-electron chi connectivity index (χ1n) is 44.5. The second-order valence-electron chi connectivity index (χ2n) is 28.3. The molecule has 135 heavy (non-hydrogen) atoms. The lowest BCUT2D eigenvalue weighted by Crippen LogP contribution is -2.55. The maximum atomic E-state index is 14.7. The van der Waals surface area contributed by atoms with Gasteiger partial charge >= 0.3 is 41.8 Å². The predicted molar refractivity (Wildman–Crippen MR) is 497 cm³/mol. The first-order chi connectivity index (χ1) is 64.7. The number of nitrogens with zero attached hydrogens (tertiary/aromatic N) is 1. The summed E-state index contributed by atoms with van der Waals surface area (Å²) in [5.74, 6) is -4.86. The Morgan fingerprint density at radius 1 is 0.378 bits per heavy atom. The van der Waals surface area contributed by atoms with Gasteiger partial charge in [-0.3, -0.25) is 14.5 Å². The van der Waals surface area contributed by atoms with Gasteiger partial charge in [-0.1, -0.05) is 289 Å². The standard InChI is InChI=1S/C17H20FNO4.C15H16FNO4.C15H15FO5.C14H16FNO5S.C14H15FO4.C13H13FO3.6C2H6/c18-15(12-4-2-1-3-5-12)16(21)17-13(6-7-14(20)23-17)19-8-10-22-11-9-19;1-9(18)17-11-7-8-12(19)21-15(11)14(20)13(16)10-5-3-2-4-6-10;1-9(17)20-11-7-8-12(18)21-15(11)14(19)13(16)10-5-3-2-4-6-10;1-22(19,20)16-10-7-8-11(17)21-14(10)13(18)12(15)9-5-3-2-4-6-9;1-18-10-7-8-11(16)19-14(10)13(17)12(15)9-5-3-2-4-6-9;14-12(9-5-2-1-3-6-9)13(16)10-7-4-8-11(15)17-10;6*1-2/h1-7,13,15-17,21H,8-11H2;2-8,11,13-15,20H,1H3,(H,17,18);2-8,11,13-15,19H,1H3;2-8,10,12-14,16,18H,1H3;2-8,10,12-14,17H,1H3;1-6,8,10,12-13,16H,7H2;6*1-2H3/t13?,15?,16?,17-;;;;;;;;;;;/m1.........../s1. The highest BCUT2D eigenvalue weighted by atomic mass is 32.2. The van der Waals surface area contributed by atoms with E-state index >= 15 is 0 Å². The summed E-state index contributed by atoms with van der Waals surface area (Å²) in [4.78, 5) is 91.9. The number of amides is 1. The van der Waals surface area contributed by atoms with Gasteiger partial charge in [-0.25, -0.2) is 68.2 Å². The monoisotopic (exact) mass is 1920 g/mol. The Morgan fingerprint density at radius 2 is 0.652 bits per heavy atom. The number of hydrogen-bond acceptors (Lipinski definition) is 26. The maximum Gasteiger partial charge on any atom is 0.331 e. The first kappa shape index (κ1) is 120. The van der Waals surface area contributed by atoms with Crippen LogP contribution in [0.1, 0.15) is 174 Å². The number of carbonyl (C=O) groups is 8. The third kappa shape index (κ3) is 40.2. The van der Waals surface area contributed by atoms with Crippen molar-refractivity contribution in [1.29, 1.82) is 0 Å². The fourth-order valence-electron chi connectivity index (χ4n) is 13.2. The number of halogens is 6. The van der Waals surface area contributed by atoms with E-state index in [1.165, 1.54) is 99.9 Å². The predicted octanol–water partition coefficient (Wildman–Crippen LogP) is 13.9. The number of rotatable bonds is 24. The summed E-state index contributed by atoms with van der Waals surface area (Å²) in [5.41, 5.74) is 1.81. The van der Waals surface area contributed by atoms with Crippen molar-refractivity contribution < 1.29 is 146 Å². The average Bonchev–Trinajstić information content (AvgIpc) is 0.806. The fraction of sp³-hybridized carbons (Fsp3) is 0.440. The van der Waals surface area contributed by atoms with Crippen molar-refractivity contribution in [2.45, 2.75) is 244 Å². The lowest BCUT2D eigenvalue weighted by molar-refractivity contribution is -0.174. The molecule has 1 saturated heterocycles. The molecule has 0 aromatic heterocycles. The van der Waals surface area contributed by atoms with Crippen molar-refractivity contribution in [2.75, 3.05) is 39.7 Å². The molecular weight excluding hydrogens is 1790 g/mol. The SMILES string of the molecule is CC.CC.CC.CC.CC.CC.CC(=O)NC1C=CC(=O)OC1C(O)C(F)c1ccccc1.CC(=O)OC1C=CC(=O)OC1C(O)C(F)c1ccccc1.COC1C=CC(=O)OC1C(O)C(F)c1ccccc1.CS(=O)(=O)NC1C=CC(=O)OC1C(O)C(F)c1ccccc1.O=C1C=CC(N2CCOCC2)[C@H](C(O)C(F)c2ccccc2)O1.O=C1C=CCC(C(O)C(F)c2ccccc2)O1. The zero-order valence-electron chi connectivity index (χ0n) is 78.6. The number of aliphatic hydroxyl groups is 6. The van der Waals surface area contributed by atoms with Crippen molar-refractivity contribution in [2.24, 2.45) is 0 Å². The van der Waals surface area contributed by atoms with Gasteiger partial charge in [-0.2, -0.15) is 0 Å². The summed E-state index contributed by atoms with van der Waals surface area (Å²) in [6.45, 7) is 28.9. The molecule has 0 saturated carbocycles. The number of ether oxygens (including phenoxy) is 9. The molecular formula is C100H131F6N3O25S. The molecule has 0 bridgehead atoms. The fourth-order valence-corrected chi connectivity index (χ4v) is 13.9. The second kappa shape index (κ2) is 65.4. The summed E-state index contributed by atoms with van der Waals surface area (Å²) in [6, 6.07) is 46.8. The third-order valence-electron chi connectivity index (χ3n) is 19.3. The van der Waals surface area contributed by atoms with E-state index in [9.17, 15) is 104 Å². The highest BCUT2D eigenvalue weighted by Crippen LogP contribution is 2.35. The van der Waals surface area contributed by atoms with Crippen LogP contribution in [0.5, 0.6) is 0 Å². The Morgan fingerprint density at radius 3 is 0.978 bits per heavy atom.